The normalized spacial score (nSPS) is 16.3. The maximum atomic E-state index is 9.46. The van der Waals surface area contributed by atoms with Gasteiger partial charge in [0.25, 0.3) is 0 Å². The van der Waals surface area contributed by atoms with Gasteiger partial charge in [-0.2, -0.15) is 0 Å². The molecule has 0 spiro atoms. The van der Waals surface area contributed by atoms with Gasteiger partial charge >= 0.3 is 0 Å². The number of nitrogens with zero attached hydrogens (tertiary/aromatic N) is 1. The van der Waals surface area contributed by atoms with Crippen LogP contribution >= 0.6 is 0 Å². The molecular formula is C12H18N2O2. The zero-order valence-corrected chi connectivity index (χ0v) is 9.73. The number of hydrogen-bond donors (Lipinski definition) is 2. The van der Waals surface area contributed by atoms with Gasteiger partial charge in [0.15, 0.2) is 0 Å². The standard InChI is InChI=1S/C12H18N2O2/c1-9(15)8-14-7-6-13-12-10(14)4-3-5-11(12)16-2/h3-5,9,13,15H,6-8H2,1-2H3. The first-order valence-corrected chi connectivity index (χ1v) is 5.56. The fourth-order valence-electron chi connectivity index (χ4n) is 2.08. The number of ether oxygens (including phenoxy) is 1. The second kappa shape index (κ2) is 4.61. The molecule has 1 unspecified atom stereocenters. The molecule has 0 saturated carbocycles. The van der Waals surface area contributed by atoms with Crippen LogP contribution in [0.2, 0.25) is 0 Å². The summed E-state index contributed by atoms with van der Waals surface area (Å²) in [4.78, 5) is 2.18. The Kier molecular flexibility index (Phi) is 3.19. The quantitative estimate of drug-likeness (QED) is 0.809. The van der Waals surface area contributed by atoms with Gasteiger partial charge in [-0.05, 0) is 19.1 Å². The predicted molar refractivity (Wildman–Crippen MR) is 65.4 cm³/mol. The number of β-amino-alcohol motifs (C(OH)–C–C–N with tert-alkyl or cyclic N) is 1. The Morgan fingerprint density at radius 3 is 3.06 bits per heavy atom. The predicted octanol–water partition coefficient (Wildman–Crippen LogP) is 1.31. The molecule has 0 fully saturated rings. The van der Waals surface area contributed by atoms with Gasteiger partial charge in [0.2, 0.25) is 0 Å². The van der Waals surface area contributed by atoms with Crippen LogP contribution in [-0.4, -0.2) is 38.0 Å². The van der Waals surface area contributed by atoms with E-state index in [1.807, 2.05) is 25.1 Å². The highest BCUT2D eigenvalue weighted by atomic mass is 16.5. The molecule has 2 rings (SSSR count). The Balaban J connectivity index is 2.31. The molecule has 0 aromatic heterocycles. The molecule has 1 aromatic carbocycles. The summed E-state index contributed by atoms with van der Waals surface area (Å²) >= 11 is 0. The third kappa shape index (κ3) is 2.07. The minimum Gasteiger partial charge on any atom is -0.495 e. The summed E-state index contributed by atoms with van der Waals surface area (Å²) in [6, 6.07) is 5.96. The second-order valence-corrected chi connectivity index (χ2v) is 4.08. The Hall–Kier alpha value is -1.42. The van der Waals surface area contributed by atoms with E-state index in [0.29, 0.717) is 6.54 Å². The van der Waals surface area contributed by atoms with Crippen LogP contribution < -0.4 is 15.0 Å². The molecule has 0 bridgehead atoms. The van der Waals surface area contributed by atoms with Crippen molar-refractivity contribution < 1.29 is 9.84 Å². The minimum absolute atomic E-state index is 0.322. The van der Waals surface area contributed by atoms with Crippen molar-refractivity contribution in [1.82, 2.24) is 0 Å². The molecule has 4 nitrogen and oxygen atoms in total. The van der Waals surface area contributed by atoms with E-state index >= 15 is 0 Å². The van der Waals surface area contributed by atoms with Crippen LogP contribution in [0.5, 0.6) is 5.75 Å². The van der Waals surface area contributed by atoms with Gasteiger partial charge < -0.3 is 20.1 Å². The zero-order chi connectivity index (χ0) is 11.5. The summed E-state index contributed by atoms with van der Waals surface area (Å²) in [6.07, 6.45) is -0.322. The molecule has 16 heavy (non-hydrogen) atoms. The van der Waals surface area contributed by atoms with E-state index in [9.17, 15) is 5.11 Å². The zero-order valence-electron chi connectivity index (χ0n) is 9.73. The molecular weight excluding hydrogens is 204 g/mol. The molecule has 0 saturated heterocycles. The number of rotatable bonds is 3. The molecule has 1 heterocycles. The van der Waals surface area contributed by atoms with E-state index < -0.39 is 0 Å². The summed E-state index contributed by atoms with van der Waals surface area (Å²) in [5.74, 6) is 0.854. The van der Waals surface area contributed by atoms with Crippen molar-refractivity contribution in [2.75, 3.05) is 37.0 Å². The molecule has 88 valence electrons. The first-order chi connectivity index (χ1) is 7.72. The van der Waals surface area contributed by atoms with Gasteiger partial charge in [-0.25, -0.2) is 0 Å². The lowest BCUT2D eigenvalue weighted by Crippen LogP contribution is -2.38. The van der Waals surface area contributed by atoms with E-state index in [1.54, 1.807) is 7.11 Å². The average Bonchev–Trinajstić information content (AvgIpc) is 2.28. The number of methoxy groups -OCH3 is 1. The van der Waals surface area contributed by atoms with Crippen LogP contribution in [0.1, 0.15) is 6.92 Å². The number of anilines is 2. The van der Waals surface area contributed by atoms with E-state index in [-0.39, 0.29) is 6.10 Å². The average molecular weight is 222 g/mol. The lowest BCUT2D eigenvalue weighted by Gasteiger charge is -2.33. The van der Waals surface area contributed by atoms with Crippen LogP contribution in [-0.2, 0) is 0 Å². The Morgan fingerprint density at radius 2 is 2.38 bits per heavy atom. The number of benzene rings is 1. The molecule has 0 aliphatic carbocycles. The van der Waals surface area contributed by atoms with Crippen molar-refractivity contribution in [3.8, 4) is 5.75 Å². The van der Waals surface area contributed by atoms with Crippen molar-refractivity contribution in [2.24, 2.45) is 0 Å². The molecule has 2 N–H and O–H groups in total. The van der Waals surface area contributed by atoms with Gasteiger partial charge in [-0.3, -0.25) is 0 Å². The topological polar surface area (TPSA) is 44.7 Å². The highest BCUT2D eigenvalue weighted by Crippen LogP contribution is 2.36. The van der Waals surface area contributed by atoms with Gasteiger partial charge in [-0.15, -0.1) is 0 Å². The molecule has 4 heteroatoms. The third-order valence-electron chi connectivity index (χ3n) is 2.73. The number of aliphatic hydroxyl groups excluding tert-OH is 1. The van der Waals surface area contributed by atoms with Crippen molar-refractivity contribution >= 4 is 11.4 Å². The van der Waals surface area contributed by atoms with Crippen molar-refractivity contribution in [3.05, 3.63) is 18.2 Å². The monoisotopic (exact) mass is 222 g/mol. The van der Waals surface area contributed by atoms with E-state index in [1.165, 1.54) is 0 Å². The summed E-state index contributed by atoms with van der Waals surface area (Å²) in [6.45, 7) is 4.24. The molecule has 1 aliphatic heterocycles. The van der Waals surface area contributed by atoms with E-state index in [2.05, 4.69) is 10.2 Å². The molecule has 1 atom stereocenters. The van der Waals surface area contributed by atoms with Crippen LogP contribution in [0.4, 0.5) is 11.4 Å². The van der Waals surface area contributed by atoms with Crippen LogP contribution in [0.25, 0.3) is 0 Å². The largest absolute Gasteiger partial charge is 0.495 e. The number of fused-ring (bicyclic) bond motifs is 1. The van der Waals surface area contributed by atoms with Gasteiger partial charge in [0.1, 0.15) is 11.4 Å². The van der Waals surface area contributed by atoms with E-state index in [4.69, 9.17) is 4.74 Å². The summed E-state index contributed by atoms with van der Waals surface area (Å²) < 4.78 is 5.31. The maximum absolute atomic E-state index is 9.46. The molecule has 0 amide bonds. The second-order valence-electron chi connectivity index (χ2n) is 4.08. The molecule has 1 aliphatic rings. The fourth-order valence-corrected chi connectivity index (χ4v) is 2.08. The van der Waals surface area contributed by atoms with Crippen LogP contribution in [0.15, 0.2) is 18.2 Å². The van der Waals surface area contributed by atoms with Crippen molar-refractivity contribution in [1.29, 1.82) is 0 Å². The lowest BCUT2D eigenvalue weighted by atomic mass is 10.1. The van der Waals surface area contributed by atoms with Gasteiger partial charge in [-0.1, -0.05) is 6.07 Å². The lowest BCUT2D eigenvalue weighted by molar-refractivity contribution is 0.200. The first-order valence-electron chi connectivity index (χ1n) is 5.56. The van der Waals surface area contributed by atoms with Crippen LogP contribution in [0.3, 0.4) is 0 Å². The van der Waals surface area contributed by atoms with E-state index in [0.717, 1.165) is 30.2 Å². The number of aliphatic hydroxyl groups is 1. The van der Waals surface area contributed by atoms with Crippen LogP contribution in [0, 0.1) is 0 Å². The third-order valence-corrected chi connectivity index (χ3v) is 2.73. The number of nitrogens with one attached hydrogen (secondary N) is 1. The molecule has 1 aromatic rings. The summed E-state index contributed by atoms with van der Waals surface area (Å²) in [5, 5.41) is 12.8. The number of hydrogen-bond acceptors (Lipinski definition) is 4. The molecule has 0 radical (unpaired) electrons. The first kappa shape index (κ1) is 11.1. The van der Waals surface area contributed by atoms with Gasteiger partial charge in [0, 0.05) is 19.6 Å². The SMILES string of the molecule is COc1cccc2c1NCCN2CC(C)O. The summed E-state index contributed by atoms with van der Waals surface area (Å²) in [7, 11) is 1.67. The van der Waals surface area contributed by atoms with Crippen molar-refractivity contribution in [2.45, 2.75) is 13.0 Å². The Bertz CT molecular complexity index is 366. The van der Waals surface area contributed by atoms with Crippen molar-refractivity contribution in [3.63, 3.8) is 0 Å². The Morgan fingerprint density at radius 1 is 1.56 bits per heavy atom. The Labute approximate surface area is 95.8 Å². The number of para-hydroxylation sites is 1. The fraction of sp³-hybridized carbons (Fsp3) is 0.500. The highest BCUT2D eigenvalue weighted by molar-refractivity contribution is 5.78. The highest BCUT2D eigenvalue weighted by Gasteiger charge is 2.20. The summed E-state index contributed by atoms with van der Waals surface area (Å²) in [5.41, 5.74) is 2.13. The minimum atomic E-state index is -0.322. The smallest absolute Gasteiger partial charge is 0.144 e. The maximum Gasteiger partial charge on any atom is 0.144 e. The van der Waals surface area contributed by atoms with Gasteiger partial charge in [0.05, 0.1) is 18.9 Å².